The number of anilines is 1. The normalized spacial score (nSPS) is 14.3. The third-order valence-electron chi connectivity index (χ3n) is 5.75. The Morgan fingerprint density at radius 2 is 1.54 bits per heavy atom. The maximum Gasteiger partial charge on any atom is 0.0489 e. The summed E-state index contributed by atoms with van der Waals surface area (Å²) in [5.74, 6) is 0. The van der Waals surface area contributed by atoms with Crippen molar-refractivity contribution in [3.63, 3.8) is 0 Å². The lowest BCUT2D eigenvalue weighted by Gasteiger charge is -2.27. The van der Waals surface area contributed by atoms with Gasteiger partial charge in [0.1, 0.15) is 0 Å². The average Bonchev–Trinajstić information content (AvgIpc) is 2.78. The molecule has 1 aliphatic rings. The lowest BCUT2D eigenvalue weighted by Crippen LogP contribution is -2.21. The molecule has 0 atom stereocenters. The molecule has 28 heavy (non-hydrogen) atoms. The highest BCUT2D eigenvalue weighted by atomic mass is 15.1. The molecule has 6 rings (SSSR count). The summed E-state index contributed by atoms with van der Waals surface area (Å²) in [7, 11) is 0. The van der Waals surface area contributed by atoms with Crippen LogP contribution in [0.25, 0.3) is 37.9 Å². The zero-order valence-electron chi connectivity index (χ0n) is 15.3. The Labute approximate surface area is 163 Å². The van der Waals surface area contributed by atoms with Crippen molar-refractivity contribution in [1.82, 2.24) is 4.98 Å². The van der Waals surface area contributed by atoms with Crippen LogP contribution in [0.5, 0.6) is 0 Å². The first-order chi connectivity index (χ1) is 13.9. The van der Waals surface area contributed by atoms with Crippen molar-refractivity contribution in [2.75, 3.05) is 11.4 Å². The van der Waals surface area contributed by atoms with Crippen LogP contribution in [-0.2, 0) is 0 Å². The van der Waals surface area contributed by atoms with Crippen LogP contribution in [-0.4, -0.2) is 11.5 Å². The predicted molar refractivity (Wildman–Crippen MR) is 119 cm³/mol. The second kappa shape index (κ2) is 5.93. The van der Waals surface area contributed by atoms with Gasteiger partial charge in [-0.15, -0.1) is 0 Å². The van der Waals surface area contributed by atoms with Crippen molar-refractivity contribution in [2.45, 2.75) is 0 Å². The van der Waals surface area contributed by atoms with Gasteiger partial charge < -0.3 is 4.90 Å². The smallest absolute Gasteiger partial charge is 0.0489 e. The number of benzene rings is 4. The summed E-state index contributed by atoms with van der Waals surface area (Å²) in [6.45, 7) is 0.839. The van der Waals surface area contributed by atoms with E-state index in [1.165, 1.54) is 49.1 Å². The molecule has 4 aromatic carbocycles. The van der Waals surface area contributed by atoms with Gasteiger partial charge in [0.2, 0.25) is 0 Å². The van der Waals surface area contributed by atoms with Gasteiger partial charge in [0, 0.05) is 36.2 Å². The molecule has 0 bridgehead atoms. The van der Waals surface area contributed by atoms with Gasteiger partial charge in [-0.3, -0.25) is 4.98 Å². The summed E-state index contributed by atoms with van der Waals surface area (Å²) < 4.78 is 0. The van der Waals surface area contributed by atoms with Crippen molar-refractivity contribution < 1.29 is 0 Å². The standard InChI is InChI=1S/C26H18N2/c1-4-18-8-9-20-11-13-24(23-12-10-19(5-1)25(18)26(20)23)28-15-3-7-22(17-28)21-6-2-14-27-16-21/h1-16H,17H2. The Hall–Kier alpha value is -3.65. The minimum absolute atomic E-state index is 0.839. The number of nitrogens with zero attached hydrogens (tertiary/aromatic N) is 2. The molecule has 2 heteroatoms. The number of hydrogen-bond acceptors (Lipinski definition) is 2. The Morgan fingerprint density at radius 1 is 0.750 bits per heavy atom. The topological polar surface area (TPSA) is 16.1 Å². The zero-order chi connectivity index (χ0) is 18.5. The maximum absolute atomic E-state index is 4.28. The van der Waals surface area contributed by atoms with E-state index in [0.717, 1.165) is 6.54 Å². The Kier molecular flexibility index (Phi) is 3.26. The number of pyridine rings is 1. The van der Waals surface area contributed by atoms with Gasteiger partial charge in [-0.25, -0.2) is 0 Å². The van der Waals surface area contributed by atoms with Crippen molar-refractivity contribution in [3.05, 3.63) is 103 Å². The first kappa shape index (κ1) is 15.4. The predicted octanol–water partition coefficient (Wildman–Crippen LogP) is 6.40. The number of aromatic nitrogens is 1. The van der Waals surface area contributed by atoms with Crippen molar-refractivity contribution in [1.29, 1.82) is 0 Å². The quantitative estimate of drug-likeness (QED) is 0.340. The van der Waals surface area contributed by atoms with Gasteiger partial charge in [0.15, 0.2) is 0 Å². The second-order valence-electron chi connectivity index (χ2n) is 7.34. The molecule has 0 aliphatic carbocycles. The van der Waals surface area contributed by atoms with Crippen LogP contribution in [0, 0.1) is 0 Å². The SMILES string of the molecule is C1=CN(c2ccc3ccc4cccc5ccc2c3c45)CC(c2cccnc2)=C1. The summed E-state index contributed by atoms with van der Waals surface area (Å²) in [4.78, 5) is 6.62. The van der Waals surface area contributed by atoms with E-state index in [9.17, 15) is 0 Å². The van der Waals surface area contributed by atoms with Crippen LogP contribution in [0.1, 0.15) is 5.56 Å². The van der Waals surface area contributed by atoms with Crippen LogP contribution in [0.3, 0.4) is 0 Å². The molecule has 0 saturated heterocycles. The molecule has 1 aromatic heterocycles. The van der Waals surface area contributed by atoms with Crippen molar-refractivity contribution >= 4 is 43.6 Å². The molecule has 0 spiro atoms. The van der Waals surface area contributed by atoms with Gasteiger partial charge >= 0.3 is 0 Å². The molecule has 0 amide bonds. The highest BCUT2D eigenvalue weighted by molar-refractivity contribution is 6.25. The molecular formula is C26H18N2. The van der Waals surface area contributed by atoms with Gasteiger partial charge in [0.05, 0.1) is 0 Å². The zero-order valence-corrected chi connectivity index (χ0v) is 15.3. The third-order valence-corrected chi connectivity index (χ3v) is 5.75. The fourth-order valence-corrected chi connectivity index (χ4v) is 4.43. The lowest BCUT2D eigenvalue weighted by atomic mass is 9.93. The summed E-state index contributed by atoms with van der Waals surface area (Å²) in [5.41, 5.74) is 3.70. The van der Waals surface area contributed by atoms with E-state index in [-0.39, 0.29) is 0 Å². The third kappa shape index (κ3) is 2.25. The van der Waals surface area contributed by atoms with Crippen LogP contribution in [0.4, 0.5) is 5.69 Å². The number of allylic oxidation sites excluding steroid dienone is 2. The van der Waals surface area contributed by atoms with Gasteiger partial charge in [0.25, 0.3) is 0 Å². The van der Waals surface area contributed by atoms with Gasteiger partial charge in [-0.2, -0.15) is 0 Å². The minimum atomic E-state index is 0.839. The molecule has 0 unspecified atom stereocenters. The number of rotatable bonds is 2. The summed E-state index contributed by atoms with van der Waals surface area (Å²) in [5, 5.41) is 7.93. The highest BCUT2D eigenvalue weighted by Gasteiger charge is 2.16. The molecule has 0 fully saturated rings. The fourth-order valence-electron chi connectivity index (χ4n) is 4.43. The molecule has 1 aliphatic heterocycles. The van der Waals surface area contributed by atoms with E-state index in [4.69, 9.17) is 0 Å². The van der Waals surface area contributed by atoms with E-state index >= 15 is 0 Å². The molecule has 0 radical (unpaired) electrons. The largest absolute Gasteiger partial charge is 0.343 e. The number of hydrogen-bond donors (Lipinski definition) is 0. The summed E-state index contributed by atoms with van der Waals surface area (Å²) in [6, 6.07) is 24.2. The van der Waals surface area contributed by atoms with Crippen LogP contribution >= 0.6 is 0 Å². The van der Waals surface area contributed by atoms with E-state index in [1.54, 1.807) is 0 Å². The minimum Gasteiger partial charge on any atom is -0.343 e. The average molecular weight is 358 g/mol. The van der Waals surface area contributed by atoms with E-state index in [1.807, 2.05) is 18.5 Å². The van der Waals surface area contributed by atoms with Gasteiger partial charge in [-0.1, -0.05) is 60.7 Å². The van der Waals surface area contributed by atoms with Crippen LogP contribution in [0.2, 0.25) is 0 Å². The highest BCUT2D eigenvalue weighted by Crippen LogP contribution is 2.39. The van der Waals surface area contributed by atoms with E-state index in [2.05, 4.69) is 88.9 Å². The van der Waals surface area contributed by atoms with Crippen LogP contribution in [0.15, 0.2) is 97.5 Å². The Balaban J connectivity index is 1.53. The van der Waals surface area contributed by atoms with Gasteiger partial charge in [-0.05, 0) is 56.3 Å². The molecule has 5 aromatic rings. The summed E-state index contributed by atoms with van der Waals surface area (Å²) in [6.07, 6.45) is 10.2. The summed E-state index contributed by atoms with van der Waals surface area (Å²) >= 11 is 0. The molecular weight excluding hydrogens is 340 g/mol. The second-order valence-corrected chi connectivity index (χ2v) is 7.34. The van der Waals surface area contributed by atoms with E-state index in [0.29, 0.717) is 0 Å². The molecule has 0 N–H and O–H groups in total. The fraction of sp³-hybridized carbons (Fsp3) is 0.0385. The maximum atomic E-state index is 4.28. The Morgan fingerprint density at radius 3 is 2.36 bits per heavy atom. The molecule has 2 heterocycles. The van der Waals surface area contributed by atoms with Crippen LogP contribution < -0.4 is 4.90 Å². The Bertz CT molecular complexity index is 1360. The first-order valence-electron chi connectivity index (χ1n) is 9.59. The van der Waals surface area contributed by atoms with Crippen molar-refractivity contribution in [3.8, 4) is 0 Å². The molecule has 0 saturated carbocycles. The van der Waals surface area contributed by atoms with E-state index < -0.39 is 0 Å². The molecule has 132 valence electrons. The molecule has 2 nitrogen and oxygen atoms in total. The first-order valence-corrected chi connectivity index (χ1v) is 9.59. The monoisotopic (exact) mass is 358 g/mol. The lowest BCUT2D eigenvalue weighted by molar-refractivity contribution is 1.09. The van der Waals surface area contributed by atoms with Crippen molar-refractivity contribution in [2.24, 2.45) is 0 Å².